The molecule has 37 heavy (non-hydrogen) atoms. The molecule has 0 spiro atoms. The lowest BCUT2D eigenvalue weighted by atomic mass is 9.97. The van der Waals surface area contributed by atoms with Crippen LogP contribution in [0.5, 0.6) is 0 Å². The predicted octanol–water partition coefficient (Wildman–Crippen LogP) is 10.6. The summed E-state index contributed by atoms with van der Waals surface area (Å²) in [6.45, 7) is 8.05. The van der Waals surface area contributed by atoms with E-state index in [1.54, 1.807) is 19.1 Å². The minimum atomic E-state index is -4.68. The molecule has 5 heteroatoms. The fourth-order valence-corrected chi connectivity index (χ4v) is 4.23. The third kappa shape index (κ3) is 15.7. The Kier molecular flexibility index (Phi) is 17.0. The number of allylic oxidation sites excluding steroid dienone is 4. The van der Waals surface area contributed by atoms with Crippen LogP contribution in [0.25, 0.3) is 0 Å². The van der Waals surface area contributed by atoms with Gasteiger partial charge < -0.3 is 4.74 Å². The Morgan fingerprint density at radius 3 is 1.84 bits per heavy atom. The number of halogens is 3. The fourth-order valence-electron chi connectivity index (χ4n) is 4.23. The fraction of sp³-hybridized carbons (Fsp3) is 0.656. The normalized spacial score (nSPS) is 13.5. The van der Waals surface area contributed by atoms with E-state index in [1.807, 2.05) is 12.1 Å². The predicted molar refractivity (Wildman–Crippen MR) is 148 cm³/mol. The van der Waals surface area contributed by atoms with Gasteiger partial charge in [-0.3, -0.25) is 4.79 Å². The van der Waals surface area contributed by atoms with Crippen LogP contribution in [0.1, 0.15) is 128 Å². The molecule has 1 aromatic rings. The van der Waals surface area contributed by atoms with Crippen molar-refractivity contribution in [2.75, 3.05) is 0 Å². The van der Waals surface area contributed by atoms with E-state index in [1.165, 1.54) is 38.5 Å². The molecule has 0 saturated heterocycles. The molecule has 1 atom stereocenters. The van der Waals surface area contributed by atoms with Crippen molar-refractivity contribution in [3.63, 3.8) is 0 Å². The van der Waals surface area contributed by atoms with Gasteiger partial charge in [-0.2, -0.15) is 13.2 Å². The molecule has 0 aliphatic carbocycles. The molecule has 0 amide bonds. The monoisotopic (exact) mass is 522 g/mol. The number of esters is 1. The number of benzene rings is 1. The van der Waals surface area contributed by atoms with E-state index in [9.17, 15) is 18.0 Å². The number of hydrogen-bond acceptors (Lipinski definition) is 2. The van der Waals surface area contributed by atoms with Crippen molar-refractivity contribution >= 4 is 5.97 Å². The molecule has 0 aliphatic heterocycles. The van der Waals surface area contributed by atoms with Gasteiger partial charge in [0.05, 0.1) is 5.92 Å². The zero-order chi connectivity index (χ0) is 27.5. The van der Waals surface area contributed by atoms with E-state index < -0.39 is 23.8 Å². The van der Waals surface area contributed by atoms with Gasteiger partial charge in [0.2, 0.25) is 5.76 Å². The highest BCUT2D eigenvalue weighted by molar-refractivity contribution is 5.78. The number of alkyl halides is 3. The van der Waals surface area contributed by atoms with Crippen LogP contribution in [0.2, 0.25) is 0 Å². The molecule has 0 saturated carbocycles. The molecule has 1 unspecified atom stereocenters. The van der Waals surface area contributed by atoms with Crippen molar-refractivity contribution in [3.05, 3.63) is 59.4 Å². The van der Waals surface area contributed by atoms with E-state index >= 15 is 0 Å². The summed E-state index contributed by atoms with van der Waals surface area (Å²) < 4.78 is 45.2. The van der Waals surface area contributed by atoms with E-state index in [4.69, 9.17) is 4.74 Å². The molecule has 0 aromatic heterocycles. The molecule has 0 bridgehead atoms. The highest BCUT2D eigenvalue weighted by atomic mass is 19.4. The maximum Gasteiger partial charge on any atom is 0.449 e. The minimum absolute atomic E-state index is 0.244. The van der Waals surface area contributed by atoms with Gasteiger partial charge in [0.25, 0.3) is 0 Å². The van der Waals surface area contributed by atoms with Crippen LogP contribution in [0.3, 0.4) is 0 Å². The van der Waals surface area contributed by atoms with Gasteiger partial charge in [-0.1, -0.05) is 102 Å². The van der Waals surface area contributed by atoms with Gasteiger partial charge in [0, 0.05) is 0 Å². The molecular formula is C32H49F3O2. The van der Waals surface area contributed by atoms with E-state index in [-0.39, 0.29) is 6.42 Å². The molecule has 0 heterocycles. The Bertz CT molecular complexity index is 791. The lowest BCUT2D eigenvalue weighted by Gasteiger charge is -2.16. The number of carbonyl (C=O) groups excluding carboxylic acids is 1. The molecular weight excluding hydrogens is 473 g/mol. The zero-order valence-corrected chi connectivity index (χ0v) is 23.5. The van der Waals surface area contributed by atoms with Crippen molar-refractivity contribution in [3.8, 4) is 0 Å². The number of carbonyl (C=O) groups is 1. The quantitative estimate of drug-likeness (QED) is 0.0781. The summed E-state index contributed by atoms with van der Waals surface area (Å²) in [7, 11) is 0. The summed E-state index contributed by atoms with van der Waals surface area (Å²) >= 11 is 0. The van der Waals surface area contributed by atoms with Gasteiger partial charge in [-0.15, -0.1) is 0 Å². The second-order valence-electron chi connectivity index (χ2n) is 10.6. The average Bonchev–Trinajstić information content (AvgIpc) is 2.84. The molecule has 0 aliphatic rings. The van der Waals surface area contributed by atoms with Crippen LogP contribution in [0.15, 0.2) is 48.3 Å². The highest BCUT2D eigenvalue weighted by Crippen LogP contribution is 2.30. The van der Waals surface area contributed by atoms with Crippen LogP contribution in [-0.2, 0) is 16.0 Å². The van der Waals surface area contributed by atoms with Crippen LogP contribution in [0, 0.1) is 5.92 Å². The van der Waals surface area contributed by atoms with E-state index in [2.05, 4.69) is 32.9 Å². The molecule has 210 valence electrons. The summed E-state index contributed by atoms with van der Waals surface area (Å²) in [5, 5.41) is 0. The van der Waals surface area contributed by atoms with Crippen LogP contribution in [0.4, 0.5) is 13.2 Å². The molecule has 1 rings (SSSR count). The third-order valence-electron chi connectivity index (χ3n) is 6.51. The first-order valence-electron chi connectivity index (χ1n) is 14.4. The van der Waals surface area contributed by atoms with E-state index in [0.717, 1.165) is 50.2 Å². The summed E-state index contributed by atoms with van der Waals surface area (Å²) in [6, 6.07) is 7.44. The first-order chi connectivity index (χ1) is 17.6. The Morgan fingerprint density at radius 2 is 1.32 bits per heavy atom. The standard InChI is InChI=1S/C32H49F3O2/c1-5-6-7-8-9-10-11-12-13-14-15-16-17-18-19-20-30(32(33,34)35)37-31(36)27(4)29-23-21-28(22-24-29)25-26(2)3/h12-13,20-24,26-27H,5-11,14-19,25H2,1-4H3/b13-12-,30-20+. The topological polar surface area (TPSA) is 26.3 Å². The Labute approximate surface area is 223 Å². The summed E-state index contributed by atoms with van der Waals surface area (Å²) in [5.74, 6) is -2.34. The smallest absolute Gasteiger partial charge is 0.421 e. The highest BCUT2D eigenvalue weighted by Gasteiger charge is 2.38. The molecule has 0 radical (unpaired) electrons. The zero-order valence-electron chi connectivity index (χ0n) is 23.5. The van der Waals surface area contributed by atoms with Gasteiger partial charge >= 0.3 is 12.1 Å². The van der Waals surface area contributed by atoms with Crippen LogP contribution in [-0.4, -0.2) is 12.1 Å². The minimum Gasteiger partial charge on any atom is -0.421 e. The molecule has 2 nitrogen and oxygen atoms in total. The van der Waals surface area contributed by atoms with Gasteiger partial charge in [0.15, 0.2) is 0 Å². The summed E-state index contributed by atoms with van der Waals surface area (Å²) in [5.41, 5.74) is 1.79. The van der Waals surface area contributed by atoms with Crippen molar-refractivity contribution in [2.45, 2.75) is 130 Å². The first-order valence-corrected chi connectivity index (χ1v) is 14.4. The largest absolute Gasteiger partial charge is 0.449 e. The molecule has 0 N–H and O–H groups in total. The molecule has 1 aromatic carbocycles. The second kappa shape index (κ2) is 19.1. The number of hydrogen-bond donors (Lipinski definition) is 0. The first kappa shape index (κ1) is 33.0. The van der Waals surface area contributed by atoms with Crippen molar-refractivity contribution < 1.29 is 22.7 Å². The summed E-state index contributed by atoms with van der Waals surface area (Å²) in [6.07, 6.45) is 15.5. The van der Waals surface area contributed by atoms with Crippen molar-refractivity contribution in [2.24, 2.45) is 5.92 Å². The number of rotatable bonds is 19. The lowest BCUT2D eigenvalue weighted by Crippen LogP contribution is -2.21. The van der Waals surface area contributed by atoms with Crippen molar-refractivity contribution in [1.29, 1.82) is 0 Å². The Hall–Kier alpha value is -2.04. The molecule has 0 fully saturated rings. The van der Waals surface area contributed by atoms with Crippen LogP contribution < -0.4 is 0 Å². The van der Waals surface area contributed by atoms with Gasteiger partial charge in [-0.05, 0) is 75.0 Å². The average molecular weight is 523 g/mol. The second-order valence-corrected chi connectivity index (χ2v) is 10.6. The maximum absolute atomic E-state index is 13.4. The van der Waals surface area contributed by atoms with Gasteiger partial charge in [0.1, 0.15) is 0 Å². The van der Waals surface area contributed by atoms with Crippen molar-refractivity contribution in [1.82, 2.24) is 0 Å². The lowest BCUT2D eigenvalue weighted by molar-refractivity contribution is -0.161. The number of unbranched alkanes of at least 4 members (excludes halogenated alkanes) is 11. The Balaban J connectivity index is 2.34. The maximum atomic E-state index is 13.4. The number of ether oxygens (including phenoxy) is 1. The van der Waals surface area contributed by atoms with E-state index in [0.29, 0.717) is 17.9 Å². The Morgan fingerprint density at radius 1 is 0.811 bits per heavy atom. The SMILES string of the molecule is CCCCCCCC/C=C\CCCCCC/C=C(/OC(=O)C(C)c1ccc(CC(C)C)cc1)C(F)(F)F. The van der Waals surface area contributed by atoms with Crippen LogP contribution >= 0.6 is 0 Å². The van der Waals surface area contributed by atoms with Gasteiger partial charge in [-0.25, -0.2) is 0 Å². The third-order valence-corrected chi connectivity index (χ3v) is 6.51. The summed E-state index contributed by atoms with van der Waals surface area (Å²) in [4.78, 5) is 12.5.